The van der Waals surface area contributed by atoms with Crippen LogP contribution in [0, 0.1) is 6.92 Å². The topological polar surface area (TPSA) is 106 Å². The van der Waals surface area contributed by atoms with Gasteiger partial charge in [-0.2, -0.15) is 5.10 Å². The number of pyridine rings is 1. The zero-order chi connectivity index (χ0) is 23.6. The number of aromatic nitrogens is 3. The van der Waals surface area contributed by atoms with Gasteiger partial charge in [0.1, 0.15) is 0 Å². The monoisotopic (exact) mass is 483 g/mol. The first-order chi connectivity index (χ1) is 15.8. The van der Waals surface area contributed by atoms with E-state index in [9.17, 15) is 13.2 Å². The van der Waals surface area contributed by atoms with E-state index in [1.807, 2.05) is 31.4 Å². The number of amides is 1. The molecule has 0 spiro atoms. The van der Waals surface area contributed by atoms with Gasteiger partial charge in [0, 0.05) is 19.3 Å². The lowest BCUT2D eigenvalue weighted by molar-refractivity contribution is 0.102. The van der Waals surface area contributed by atoms with E-state index in [0.717, 1.165) is 17.7 Å². The summed E-state index contributed by atoms with van der Waals surface area (Å²) in [4.78, 5) is 19.1. The highest BCUT2D eigenvalue weighted by molar-refractivity contribution is 7.89. The average Bonchev–Trinajstić information content (AvgIpc) is 3.42. The minimum atomic E-state index is -3.65. The molecule has 8 nitrogen and oxygen atoms in total. The standard InChI is InChI=1S/C23H25N5O3S2/c1-4-5-11-24-33(30,31)17-9-6-8-16(13-17)25-23(29)18-14-19(20-10-7-12-32-20)26-22-21(18)15(2)27-28(22)3/h6-10,12-14,24H,4-5,11H2,1-3H3,(H,25,29). The van der Waals surface area contributed by atoms with E-state index in [-0.39, 0.29) is 10.8 Å². The molecular formula is C23H25N5O3S2. The number of thiophene rings is 1. The van der Waals surface area contributed by atoms with E-state index in [2.05, 4.69) is 15.1 Å². The molecule has 0 aliphatic carbocycles. The molecule has 0 saturated carbocycles. The van der Waals surface area contributed by atoms with Crippen LogP contribution in [0.5, 0.6) is 0 Å². The minimum absolute atomic E-state index is 0.105. The van der Waals surface area contributed by atoms with Crippen LogP contribution in [0.2, 0.25) is 0 Å². The van der Waals surface area contributed by atoms with Crippen molar-refractivity contribution in [3.63, 3.8) is 0 Å². The van der Waals surface area contributed by atoms with Crippen LogP contribution < -0.4 is 10.0 Å². The molecule has 10 heteroatoms. The van der Waals surface area contributed by atoms with Crippen molar-refractivity contribution in [2.75, 3.05) is 11.9 Å². The average molecular weight is 484 g/mol. The maximum Gasteiger partial charge on any atom is 0.256 e. The van der Waals surface area contributed by atoms with Gasteiger partial charge < -0.3 is 5.32 Å². The summed E-state index contributed by atoms with van der Waals surface area (Å²) in [6.07, 6.45) is 1.64. The highest BCUT2D eigenvalue weighted by Gasteiger charge is 2.20. The molecule has 2 N–H and O–H groups in total. The summed E-state index contributed by atoms with van der Waals surface area (Å²) in [6.45, 7) is 4.20. The van der Waals surface area contributed by atoms with Crippen LogP contribution in [-0.4, -0.2) is 35.6 Å². The number of nitrogens with zero attached hydrogens (tertiary/aromatic N) is 3. The Bertz CT molecular complexity index is 1410. The number of nitrogens with one attached hydrogen (secondary N) is 2. The van der Waals surface area contributed by atoms with Crippen molar-refractivity contribution >= 4 is 44.0 Å². The molecule has 0 aliphatic heterocycles. The van der Waals surface area contributed by atoms with Crippen LogP contribution in [0.25, 0.3) is 21.6 Å². The van der Waals surface area contributed by atoms with Gasteiger partial charge in [-0.25, -0.2) is 18.1 Å². The molecule has 3 aromatic heterocycles. The maximum atomic E-state index is 13.3. The summed E-state index contributed by atoms with van der Waals surface area (Å²) in [5, 5.41) is 9.90. The Kier molecular flexibility index (Phi) is 6.59. The van der Waals surface area contributed by atoms with E-state index < -0.39 is 10.0 Å². The SMILES string of the molecule is CCCCNS(=O)(=O)c1cccc(NC(=O)c2cc(-c3cccs3)nc3c2c(C)nn3C)c1. The van der Waals surface area contributed by atoms with Gasteiger partial charge in [-0.05, 0) is 49.1 Å². The second-order valence-corrected chi connectivity index (χ2v) is 10.4. The quantitative estimate of drug-likeness (QED) is 0.363. The summed E-state index contributed by atoms with van der Waals surface area (Å²) in [5.74, 6) is -0.357. The largest absolute Gasteiger partial charge is 0.322 e. The number of rotatable bonds is 8. The van der Waals surface area contributed by atoms with Crippen LogP contribution in [0.3, 0.4) is 0 Å². The molecule has 0 aliphatic rings. The van der Waals surface area contributed by atoms with Gasteiger partial charge in [-0.3, -0.25) is 9.48 Å². The fourth-order valence-electron chi connectivity index (χ4n) is 3.58. The second-order valence-electron chi connectivity index (χ2n) is 7.67. The number of aryl methyl sites for hydroxylation is 2. The first kappa shape index (κ1) is 23.1. The molecule has 0 atom stereocenters. The zero-order valence-corrected chi connectivity index (χ0v) is 20.3. The molecule has 172 valence electrons. The number of hydrogen-bond donors (Lipinski definition) is 2. The summed E-state index contributed by atoms with van der Waals surface area (Å²) in [6, 6.07) is 11.9. The number of unbranched alkanes of at least 4 members (excludes halogenated alkanes) is 1. The third-order valence-corrected chi connectivity index (χ3v) is 7.56. The minimum Gasteiger partial charge on any atom is -0.322 e. The Morgan fingerprint density at radius 2 is 2.00 bits per heavy atom. The lowest BCUT2D eigenvalue weighted by Gasteiger charge is -2.11. The van der Waals surface area contributed by atoms with Gasteiger partial charge >= 0.3 is 0 Å². The molecule has 0 fully saturated rings. The van der Waals surface area contributed by atoms with E-state index >= 15 is 0 Å². The zero-order valence-electron chi connectivity index (χ0n) is 18.6. The van der Waals surface area contributed by atoms with Gasteiger partial charge in [-0.15, -0.1) is 11.3 Å². The fraction of sp³-hybridized carbons (Fsp3) is 0.261. The van der Waals surface area contributed by atoms with Crippen molar-refractivity contribution in [3.8, 4) is 10.6 Å². The lowest BCUT2D eigenvalue weighted by atomic mass is 10.1. The van der Waals surface area contributed by atoms with Crippen molar-refractivity contribution < 1.29 is 13.2 Å². The summed E-state index contributed by atoms with van der Waals surface area (Å²) in [5.41, 5.74) is 2.81. The Morgan fingerprint density at radius 3 is 2.73 bits per heavy atom. The second kappa shape index (κ2) is 9.42. The Labute approximate surface area is 196 Å². The summed E-state index contributed by atoms with van der Waals surface area (Å²) < 4.78 is 29.4. The molecule has 0 unspecified atom stereocenters. The molecule has 33 heavy (non-hydrogen) atoms. The van der Waals surface area contributed by atoms with Crippen LogP contribution in [-0.2, 0) is 17.1 Å². The predicted octanol–water partition coefficient (Wildman–Crippen LogP) is 4.34. The Hall–Kier alpha value is -3.08. The first-order valence-corrected chi connectivity index (χ1v) is 13.0. The number of fused-ring (bicyclic) bond motifs is 1. The van der Waals surface area contributed by atoms with Crippen LogP contribution in [0.4, 0.5) is 5.69 Å². The van der Waals surface area contributed by atoms with Gasteiger partial charge in [0.2, 0.25) is 10.0 Å². The van der Waals surface area contributed by atoms with E-state index in [0.29, 0.717) is 40.2 Å². The van der Waals surface area contributed by atoms with Crippen LogP contribution >= 0.6 is 11.3 Å². The smallest absolute Gasteiger partial charge is 0.256 e. The van der Waals surface area contributed by atoms with Gasteiger partial charge in [0.05, 0.1) is 32.1 Å². The highest BCUT2D eigenvalue weighted by atomic mass is 32.2. The number of hydrogen-bond acceptors (Lipinski definition) is 6. The van der Waals surface area contributed by atoms with Gasteiger partial charge in [0.15, 0.2) is 5.65 Å². The number of sulfonamides is 1. The van der Waals surface area contributed by atoms with E-state index in [1.54, 1.807) is 29.9 Å². The predicted molar refractivity (Wildman–Crippen MR) is 131 cm³/mol. The van der Waals surface area contributed by atoms with Crippen molar-refractivity contribution in [1.29, 1.82) is 0 Å². The lowest BCUT2D eigenvalue weighted by Crippen LogP contribution is -2.24. The third-order valence-electron chi connectivity index (χ3n) is 5.21. The molecule has 3 heterocycles. The molecule has 0 saturated heterocycles. The molecule has 0 radical (unpaired) electrons. The first-order valence-electron chi connectivity index (χ1n) is 10.6. The molecule has 0 bridgehead atoms. The molecule has 4 aromatic rings. The van der Waals surface area contributed by atoms with Crippen molar-refractivity contribution in [1.82, 2.24) is 19.5 Å². The highest BCUT2D eigenvalue weighted by Crippen LogP contribution is 2.30. The van der Waals surface area contributed by atoms with Crippen LogP contribution in [0.1, 0.15) is 35.8 Å². The number of benzene rings is 1. The van der Waals surface area contributed by atoms with Crippen molar-refractivity contribution in [3.05, 3.63) is 59.1 Å². The summed E-state index contributed by atoms with van der Waals surface area (Å²) in [7, 11) is -1.86. The van der Waals surface area contributed by atoms with E-state index in [1.165, 1.54) is 23.5 Å². The third kappa shape index (κ3) is 4.82. The number of carbonyl (C=O) groups is 1. The van der Waals surface area contributed by atoms with Gasteiger partial charge in [0.25, 0.3) is 5.91 Å². The Morgan fingerprint density at radius 1 is 1.18 bits per heavy atom. The van der Waals surface area contributed by atoms with Crippen molar-refractivity contribution in [2.24, 2.45) is 7.05 Å². The van der Waals surface area contributed by atoms with E-state index in [4.69, 9.17) is 4.98 Å². The maximum absolute atomic E-state index is 13.3. The normalized spacial score (nSPS) is 11.7. The Balaban J connectivity index is 1.69. The summed E-state index contributed by atoms with van der Waals surface area (Å²) >= 11 is 1.54. The number of anilines is 1. The molecule has 4 rings (SSSR count). The van der Waals surface area contributed by atoms with Crippen LogP contribution in [0.15, 0.2) is 52.7 Å². The number of carbonyl (C=O) groups excluding carboxylic acids is 1. The molecule has 1 aromatic carbocycles. The molecular weight excluding hydrogens is 458 g/mol. The fourth-order valence-corrected chi connectivity index (χ4v) is 5.39. The molecule has 1 amide bonds. The van der Waals surface area contributed by atoms with Gasteiger partial charge in [-0.1, -0.05) is 25.5 Å². The van der Waals surface area contributed by atoms with Crippen molar-refractivity contribution in [2.45, 2.75) is 31.6 Å².